The molecule has 0 saturated heterocycles. The van der Waals surface area contributed by atoms with Gasteiger partial charge >= 0.3 is 0 Å². The molecule has 1 aliphatic heterocycles. The molecule has 0 fully saturated rings. The van der Waals surface area contributed by atoms with Crippen LogP contribution in [0.4, 0.5) is 10.1 Å². The highest BCUT2D eigenvalue weighted by atomic mass is 19.1. The molecule has 0 radical (unpaired) electrons. The summed E-state index contributed by atoms with van der Waals surface area (Å²) in [5.41, 5.74) is 2.26. The summed E-state index contributed by atoms with van der Waals surface area (Å²) in [5.74, 6) is -0.438. The quantitative estimate of drug-likeness (QED) is 0.675. The molecule has 16 heavy (non-hydrogen) atoms. The molecule has 0 bridgehead atoms. The van der Waals surface area contributed by atoms with Crippen molar-refractivity contribution in [2.45, 2.75) is 13.3 Å². The van der Waals surface area contributed by atoms with Crippen molar-refractivity contribution in [1.82, 2.24) is 0 Å². The van der Waals surface area contributed by atoms with Gasteiger partial charge in [-0.1, -0.05) is 11.6 Å². The number of rotatable bonds is 1. The van der Waals surface area contributed by atoms with Gasteiger partial charge in [0.25, 0.3) is 0 Å². The zero-order valence-corrected chi connectivity index (χ0v) is 9.20. The van der Waals surface area contributed by atoms with Crippen LogP contribution in [0.3, 0.4) is 0 Å². The second-order valence-electron chi connectivity index (χ2n) is 4.04. The third kappa shape index (κ3) is 2.06. The summed E-state index contributed by atoms with van der Waals surface area (Å²) in [4.78, 5) is 2.12. The van der Waals surface area contributed by atoms with Gasteiger partial charge in [0.1, 0.15) is 11.9 Å². The van der Waals surface area contributed by atoms with Crippen molar-refractivity contribution in [3.8, 4) is 6.07 Å². The normalized spacial score (nSPS) is 15.6. The van der Waals surface area contributed by atoms with Gasteiger partial charge in [-0.3, -0.25) is 0 Å². The summed E-state index contributed by atoms with van der Waals surface area (Å²) < 4.78 is 13.4. The number of anilines is 1. The second kappa shape index (κ2) is 4.36. The van der Waals surface area contributed by atoms with Crippen molar-refractivity contribution in [3.63, 3.8) is 0 Å². The minimum atomic E-state index is -0.438. The lowest BCUT2D eigenvalue weighted by Crippen LogP contribution is -2.29. The van der Waals surface area contributed by atoms with Crippen molar-refractivity contribution in [2.24, 2.45) is 0 Å². The number of hydrogen-bond donors (Lipinski definition) is 0. The molecular formula is C13H13FN2. The first-order valence-electron chi connectivity index (χ1n) is 5.31. The maximum Gasteiger partial charge on any atom is 0.143 e. The van der Waals surface area contributed by atoms with Crippen LogP contribution in [0.2, 0.25) is 0 Å². The van der Waals surface area contributed by atoms with E-state index in [-0.39, 0.29) is 5.56 Å². The predicted octanol–water partition coefficient (Wildman–Crippen LogP) is 2.85. The molecule has 0 unspecified atom stereocenters. The molecule has 3 heteroatoms. The van der Waals surface area contributed by atoms with Crippen LogP contribution in [0.5, 0.6) is 0 Å². The van der Waals surface area contributed by atoms with Gasteiger partial charge in [0.2, 0.25) is 0 Å². The van der Waals surface area contributed by atoms with Crippen LogP contribution in [-0.2, 0) is 0 Å². The van der Waals surface area contributed by atoms with Crippen LogP contribution in [0.25, 0.3) is 0 Å². The van der Waals surface area contributed by atoms with E-state index in [1.807, 2.05) is 6.07 Å². The summed E-state index contributed by atoms with van der Waals surface area (Å²) in [6, 6.07) is 6.62. The van der Waals surface area contributed by atoms with E-state index in [0.29, 0.717) is 0 Å². The molecule has 0 saturated carbocycles. The lowest BCUT2D eigenvalue weighted by atomic mass is 10.1. The first kappa shape index (κ1) is 10.7. The van der Waals surface area contributed by atoms with E-state index in [2.05, 4.69) is 17.9 Å². The second-order valence-corrected chi connectivity index (χ2v) is 4.04. The van der Waals surface area contributed by atoms with E-state index >= 15 is 0 Å². The third-order valence-corrected chi connectivity index (χ3v) is 2.77. The SMILES string of the molecule is CC1=CCCN(c2ccc(C#N)c(F)c2)C1. The van der Waals surface area contributed by atoms with E-state index in [9.17, 15) is 4.39 Å². The Morgan fingerprint density at radius 2 is 2.25 bits per heavy atom. The lowest BCUT2D eigenvalue weighted by molar-refractivity contribution is 0.622. The van der Waals surface area contributed by atoms with Crippen molar-refractivity contribution >= 4 is 5.69 Å². The Morgan fingerprint density at radius 1 is 1.44 bits per heavy atom. The monoisotopic (exact) mass is 216 g/mol. The van der Waals surface area contributed by atoms with Crippen LogP contribution in [0.15, 0.2) is 29.8 Å². The van der Waals surface area contributed by atoms with E-state index in [1.54, 1.807) is 12.1 Å². The molecule has 0 atom stereocenters. The first-order valence-corrected chi connectivity index (χ1v) is 5.31. The summed E-state index contributed by atoms with van der Waals surface area (Å²) in [6.07, 6.45) is 3.20. The molecule has 1 heterocycles. The fourth-order valence-electron chi connectivity index (χ4n) is 1.92. The van der Waals surface area contributed by atoms with Gasteiger partial charge in [-0.2, -0.15) is 5.26 Å². The van der Waals surface area contributed by atoms with E-state index in [4.69, 9.17) is 5.26 Å². The zero-order valence-electron chi connectivity index (χ0n) is 9.20. The number of hydrogen-bond acceptors (Lipinski definition) is 2. The molecule has 1 aliphatic rings. The molecule has 0 aliphatic carbocycles. The molecule has 0 aromatic heterocycles. The lowest BCUT2D eigenvalue weighted by Gasteiger charge is -2.28. The van der Waals surface area contributed by atoms with Crippen molar-refractivity contribution in [2.75, 3.05) is 18.0 Å². The van der Waals surface area contributed by atoms with Gasteiger partial charge in [-0.05, 0) is 31.5 Å². The molecule has 1 aromatic carbocycles. The Balaban J connectivity index is 2.26. The molecule has 0 amide bonds. The first-order chi connectivity index (χ1) is 7.70. The number of benzene rings is 1. The Kier molecular flexibility index (Phi) is 2.91. The number of halogens is 1. The Bertz CT molecular complexity index is 471. The van der Waals surface area contributed by atoms with Crippen molar-refractivity contribution < 1.29 is 4.39 Å². The maximum absolute atomic E-state index is 13.4. The summed E-state index contributed by atoms with van der Waals surface area (Å²) in [7, 11) is 0. The Morgan fingerprint density at radius 3 is 2.88 bits per heavy atom. The van der Waals surface area contributed by atoms with Gasteiger partial charge in [0.15, 0.2) is 0 Å². The molecule has 2 rings (SSSR count). The van der Waals surface area contributed by atoms with Gasteiger partial charge in [-0.15, -0.1) is 0 Å². The average Bonchev–Trinajstić information content (AvgIpc) is 2.29. The van der Waals surface area contributed by atoms with E-state index < -0.39 is 5.82 Å². The Labute approximate surface area is 94.6 Å². The highest BCUT2D eigenvalue weighted by Crippen LogP contribution is 2.21. The molecule has 2 nitrogen and oxygen atoms in total. The van der Waals surface area contributed by atoms with Crippen LogP contribution in [0.1, 0.15) is 18.9 Å². The van der Waals surface area contributed by atoms with Crippen LogP contribution >= 0.6 is 0 Å². The number of nitriles is 1. The average molecular weight is 216 g/mol. The zero-order chi connectivity index (χ0) is 11.5. The van der Waals surface area contributed by atoms with Crippen LogP contribution in [-0.4, -0.2) is 13.1 Å². The minimum Gasteiger partial charge on any atom is -0.367 e. The van der Waals surface area contributed by atoms with E-state index in [1.165, 1.54) is 11.6 Å². The molecule has 0 spiro atoms. The van der Waals surface area contributed by atoms with E-state index in [0.717, 1.165) is 25.2 Å². The molecular weight excluding hydrogens is 203 g/mol. The highest BCUT2D eigenvalue weighted by molar-refractivity contribution is 5.52. The van der Waals surface area contributed by atoms with Crippen molar-refractivity contribution in [3.05, 3.63) is 41.2 Å². The van der Waals surface area contributed by atoms with Crippen LogP contribution in [0, 0.1) is 17.1 Å². The van der Waals surface area contributed by atoms with Gasteiger partial charge in [0.05, 0.1) is 5.56 Å². The van der Waals surface area contributed by atoms with Gasteiger partial charge < -0.3 is 4.90 Å². The summed E-state index contributed by atoms with van der Waals surface area (Å²) in [5, 5.41) is 8.65. The molecule has 1 aromatic rings. The largest absolute Gasteiger partial charge is 0.367 e. The fraction of sp³-hybridized carbons (Fsp3) is 0.308. The van der Waals surface area contributed by atoms with Gasteiger partial charge in [0, 0.05) is 18.8 Å². The fourth-order valence-corrected chi connectivity index (χ4v) is 1.92. The molecule has 82 valence electrons. The standard InChI is InChI=1S/C13H13FN2/c1-10-3-2-6-16(9-10)12-5-4-11(8-15)13(14)7-12/h3-5,7H,2,6,9H2,1H3. The minimum absolute atomic E-state index is 0.105. The highest BCUT2D eigenvalue weighted by Gasteiger charge is 2.12. The topological polar surface area (TPSA) is 27.0 Å². The third-order valence-electron chi connectivity index (χ3n) is 2.77. The predicted molar refractivity (Wildman–Crippen MR) is 61.7 cm³/mol. The molecule has 0 N–H and O–H groups in total. The number of nitrogens with zero attached hydrogens (tertiary/aromatic N) is 2. The maximum atomic E-state index is 13.4. The smallest absolute Gasteiger partial charge is 0.143 e. The van der Waals surface area contributed by atoms with Gasteiger partial charge in [-0.25, -0.2) is 4.39 Å². The summed E-state index contributed by atoms with van der Waals surface area (Å²) in [6.45, 7) is 3.82. The Hall–Kier alpha value is -1.82. The van der Waals surface area contributed by atoms with Crippen molar-refractivity contribution in [1.29, 1.82) is 5.26 Å². The van der Waals surface area contributed by atoms with Crippen LogP contribution < -0.4 is 4.90 Å². The summed E-state index contributed by atoms with van der Waals surface area (Å²) >= 11 is 0.